The van der Waals surface area contributed by atoms with E-state index in [1.54, 1.807) is 7.05 Å². The molecule has 1 aliphatic heterocycles. The molecule has 2 aromatic rings. The summed E-state index contributed by atoms with van der Waals surface area (Å²) < 4.78 is 12.5. The molecule has 0 spiro atoms. The normalized spacial score (nSPS) is 16.2. The second kappa shape index (κ2) is 10.6. The predicted octanol–water partition coefficient (Wildman–Crippen LogP) is 5.88. The summed E-state index contributed by atoms with van der Waals surface area (Å²) in [6.07, 6.45) is 3.72. The third-order valence-corrected chi connectivity index (χ3v) is 6.50. The van der Waals surface area contributed by atoms with Crippen LogP contribution in [0.5, 0.6) is 11.5 Å². The standard InChI is InChI=1S/C24H27NO3S2/c1-4-17(2)20-11-5-6-12-21(20)28-14-8-13-27-19-10-7-9-18(15-19)16-22-23(26)25(3)24(29)30-22/h5-7,9-12,15-17H,4,8,13-14H2,1-3H3. The second-order valence-electron chi connectivity index (χ2n) is 7.21. The summed E-state index contributed by atoms with van der Waals surface area (Å²) in [5, 5.41) is 0. The zero-order valence-electron chi connectivity index (χ0n) is 17.6. The van der Waals surface area contributed by atoms with Gasteiger partial charge in [-0.3, -0.25) is 9.69 Å². The Labute approximate surface area is 188 Å². The maximum Gasteiger partial charge on any atom is 0.265 e. The monoisotopic (exact) mass is 441 g/mol. The van der Waals surface area contributed by atoms with E-state index in [0.717, 1.165) is 29.9 Å². The van der Waals surface area contributed by atoms with Gasteiger partial charge in [0.2, 0.25) is 0 Å². The number of thioether (sulfide) groups is 1. The summed E-state index contributed by atoms with van der Waals surface area (Å²) in [6, 6.07) is 16.0. The number of rotatable bonds is 9. The van der Waals surface area contributed by atoms with Gasteiger partial charge in [-0.1, -0.05) is 68.2 Å². The van der Waals surface area contributed by atoms with E-state index in [0.29, 0.717) is 28.4 Å². The van der Waals surface area contributed by atoms with E-state index in [1.165, 1.54) is 22.2 Å². The molecule has 0 bridgehead atoms. The lowest BCUT2D eigenvalue weighted by molar-refractivity contribution is -0.121. The van der Waals surface area contributed by atoms with Crippen molar-refractivity contribution in [1.82, 2.24) is 4.90 Å². The molecule has 6 heteroatoms. The maximum atomic E-state index is 12.2. The Morgan fingerprint density at radius 2 is 1.90 bits per heavy atom. The van der Waals surface area contributed by atoms with E-state index in [2.05, 4.69) is 26.0 Å². The van der Waals surface area contributed by atoms with Gasteiger partial charge in [0.1, 0.15) is 15.8 Å². The van der Waals surface area contributed by atoms with E-state index in [1.807, 2.05) is 42.5 Å². The van der Waals surface area contributed by atoms with Gasteiger partial charge < -0.3 is 9.47 Å². The van der Waals surface area contributed by atoms with E-state index in [4.69, 9.17) is 21.7 Å². The summed E-state index contributed by atoms with van der Waals surface area (Å²) in [7, 11) is 1.70. The highest BCUT2D eigenvalue weighted by molar-refractivity contribution is 8.26. The fraction of sp³-hybridized carbons (Fsp3) is 0.333. The Bertz CT molecular complexity index is 942. The predicted molar refractivity (Wildman–Crippen MR) is 128 cm³/mol. The summed E-state index contributed by atoms with van der Waals surface area (Å²) in [5.74, 6) is 2.15. The SMILES string of the molecule is CCC(C)c1ccccc1OCCCOc1cccc(C=C2SC(=S)N(C)C2=O)c1. The Balaban J connectivity index is 1.50. The fourth-order valence-electron chi connectivity index (χ4n) is 3.06. The first-order chi connectivity index (χ1) is 14.5. The Hall–Kier alpha value is -2.31. The minimum absolute atomic E-state index is 0.0638. The fourth-order valence-corrected chi connectivity index (χ4v) is 4.24. The van der Waals surface area contributed by atoms with Gasteiger partial charge in [-0.05, 0) is 47.7 Å². The molecule has 0 N–H and O–H groups in total. The Morgan fingerprint density at radius 1 is 1.13 bits per heavy atom. The van der Waals surface area contributed by atoms with Gasteiger partial charge in [0.15, 0.2) is 0 Å². The number of thiocarbonyl (C=S) groups is 1. The molecule has 1 amide bonds. The molecule has 0 saturated carbocycles. The van der Waals surface area contributed by atoms with Crippen LogP contribution in [-0.4, -0.2) is 35.4 Å². The first-order valence-electron chi connectivity index (χ1n) is 10.2. The van der Waals surface area contributed by atoms with Gasteiger partial charge in [0.05, 0.1) is 18.1 Å². The quantitative estimate of drug-likeness (QED) is 0.276. The highest BCUT2D eigenvalue weighted by Crippen LogP contribution is 2.32. The molecule has 158 valence electrons. The van der Waals surface area contributed by atoms with Crippen LogP contribution < -0.4 is 9.47 Å². The third kappa shape index (κ3) is 5.64. The zero-order valence-corrected chi connectivity index (χ0v) is 19.2. The van der Waals surface area contributed by atoms with Crippen molar-refractivity contribution in [3.63, 3.8) is 0 Å². The number of amides is 1. The van der Waals surface area contributed by atoms with Crippen LogP contribution in [0.4, 0.5) is 0 Å². The lowest BCUT2D eigenvalue weighted by Crippen LogP contribution is -2.22. The number of nitrogens with zero attached hydrogens (tertiary/aromatic N) is 1. The molecule has 2 aromatic carbocycles. The van der Waals surface area contributed by atoms with E-state index in [9.17, 15) is 4.79 Å². The van der Waals surface area contributed by atoms with Gasteiger partial charge in [-0.15, -0.1) is 0 Å². The van der Waals surface area contributed by atoms with Crippen LogP contribution in [0.2, 0.25) is 0 Å². The van der Waals surface area contributed by atoms with E-state index in [-0.39, 0.29) is 5.91 Å². The molecular weight excluding hydrogens is 414 g/mol. The number of hydrogen-bond acceptors (Lipinski definition) is 5. The van der Waals surface area contributed by atoms with Crippen molar-refractivity contribution in [2.24, 2.45) is 0 Å². The number of carbonyl (C=O) groups is 1. The third-order valence-electron chi connectivity index (χ3n) is 5.02. The van der Waals surface area contributed by atoms with Crippen molar-refractivity contribution in [1.29, 1.82) is 0 Å². The average Bonchev–Trinajstić information content (AvgIpc) is 3.00. The molecule has 1 saturated heterocycles. The first kappa shape index (κ1) is 22.4. The summed E-state index contributed by atoms with van der Waals surface area (Å²) in [5.41, 5.74) is 2.17. The van der Waals surface area contributed by atoms with Crippen LogP contribution in [-0.2, 0) is 4.79 Å². The minimum Gasteiger partial charge on any atom is -0.493 e. The summed E-state index contributed by atoms with van der Waals surface area (Å²) >= 11 is 6.50. The van der Waals surface area contributed by atoms with Crippen LogP contribution >= 0.6 is 24.0 Å². The van der Waals surface area contributed by atoms with Crippen molar-refractivity contribution in [2.75, 3.05) is 20.3 Å². The van der Waals surface area contributed by atoms with E-state index < -0.39 is 0 Å². The number of benzene rings is 2. The van der Waals surface area contributed by atoms with Crippen LogP contribution in [0.3, 0.4) is 0 Å². The molecule has 30 heavy (non-hydrogen) atoms. The van der Waals surface area contributed by atoms with Gasteiger partial charge >= 0.3 is 0 Å². The second-order valence-corrected chi connectivity index (χ2v) is 8.89. The van der Waals surface area contributed by atoms with E-state index >= 15 is 0 Å². The highest BCUT2D eigenvalue weighted by atomic mass is 32.2. The smallest absolute Gasteiger partial charge is 0.265 e. The molecule has 1 fully saturated rings. The van der Waals surface area contributed by atoms with Crippen LogP contribution in [0.15, 0.2) is 53.4 Å². The maximum absolute atomic E-state index is 12.2. The van der Waals surface area contributed by atoms with Gasteiger partial charge in [0.25, 0.3) is 5.91 Å². The molecule has 0 aromatic heterocycles. The number of carbonyl (C=O) groups excluding carboxylic acids is 1. The number of para-hydroxylation sites is 1. The van der Waals surface area contributed by atoms with Crippen LogP contribution in [0.25, 0.3) is 6.08 Å². The molecule has 1 aliphatic rings. The lowest BCUT2D eigenvalue weighted by atomic mass is 9.98. The van der Waals surface area contributed by atoms with Gasteiger partial charge in [-0.2, -0.15) is 0 Å². The van der Waals surface area contributed by atoms with Crippen molar-refractivity contribution < 1.29 is 14.3 Å². The topological polar surface area (TPSA) is 38.8 Å². The van der Waals surface area contributed by atoms with Crippen molar-refractivity contribution in [2.45, 2.75) is 32.6 Å². The molecule has 1 unspecified atom stereocenters. The molecular formula is C24H27NO3S2. The molecule has 1 atom stereocenters. The largest absolute Gasteiger partial charge is 0.493 e. The molecule has 4 nitrogen and oxygen atoms in total. The minimum atomic E-state index is -0.0638. The van der Waals surface area contributed by atoms with Crippen molar-refractivity contribution >= 4 is 40.3 Å². The molecule has 3 rings (SSSR count). The summed E-state index contributed by atoms with van der Waals surface area (Å²) in [4.78, 5) is 14.3. The van der Waals surface area contributed by atoms with Crippen LogP contribution in [0, 0.1) is 0 Å². The summed E-state index contributed by atoms with van der Waals surface area (Å²) in [6.45, 7) is 5.57. The van der Waals surface area contributed by atoms with Gasteiger partial charge in [-0.25, -0.2) is 0 Å². The average molecular weight is 442 g/mol. The number of hydrogen-bond donors (Lipinski definition) is 0. The van der Waals surface area contributed by atoms with Crippen molar-refractivity contribution in [3.8, 4) is 11.5 Å². The molecule has 0 radical (unpaired) electrons. The number of ether oxygens (including phenoxy) is 2. The Morgan fingerprint density at radius 3 is 2.63 bits per heavy atom. The number of likely N-dealkylation sites (N-methyl/N-ethyl adjacent to an activating group) is 1. The van der Waals surface area contributed by atoms with Crippen molar-refractivity contribution in [3.05, 3.63) is 64.6 Å². The molecule has 1 heterocycles. The lowest BCUT2D eigenvalue weighted by Gasteiger charge is -2.15. The zero-order chi connectivity index (χ0) is 21.5. The van der Waals surface area contributed by atoms with Crippen LogP contribution in [0.1, 0.15) is 43.7 Å². The van der Waals surface area contributed by atoms with Gasteiger partial charge in [0, 0.05) is 13.5 Å². The Kier molecular flexibility index (Phi) is 7.94. The highest BCUT2D eigenvalue weighted by Gasteiger charge is 2.28. The first-order valence-corrected chi connectivity index (χ1v) is 11.4. The molecule has 0 aliphatic carbocycles.